The second-order valence-corrected chi connectivity index (χ2v) is 5.71. The van der Waals surface area contributed by atoms with E-state index < -0.39 is 17.5 Å². The van der Waals surface area contributed by atoms with E-state index >= 15 is 0 Å². The molecule has 0 aromatic heterocycles. The van der Waals surface area contributed by atoms with Gasteiger partial charge in [0.25, 0.3) is 0 Å². The summed E-state index contributed by atoms with van der Waals surface area (Å²) in [6, 6.07) is 17.3. The summed E-state index contributed by atoms with van der Waals surface area (Å²) in [5, 5.41) is 0. The van der Waals surface area contributed by atoms with Crippen LogP contribution >= 0.6 is 0 Å². The Balaban J connectivity index is 2.06. The first kappa shape index (κ1) is 17.5. The average Bonchev–Trinajstić information content (AvgIpc) is 2.61. The van der Waals surface area contributed by atoms with Gasteiger partial charge in [-0.1, -0.05) is 43.0 Å². The highest BCUT2D eigenvalue weighted by atomic mass is 16.6. The monoisotopic (exact) mass is 324 g/mol. The highest BCUT2D eigenvalue weighted by Gasteiger charge is 2.32. The summed E-state index contributed by atoms with van der Waals surface area (Å²) in [5.41, 5.74) is 0.361. The molecular weight excluding hydrogens is 304 g/mol. The van der Waals surface area contributed by atoms with Crippen molar-refractivity contribution in [2.24, 2.45) is 0 Å². The van der Waals surface area contributed by atoms with Crippen LogP contribution in [0.25, 0.3) is 0 Å². The van der Waals surface area contributed by atoms with Crippen molar-refractivity contribution in [3.8, 4) is 0 Å². The van der Waals surface area contributed by atoms with Crippen LogP contribution in [0.2, 0.25) is 0 Å². The lowest BCUT2D eigenvalue weighted by molar-refractivity contribution is -0.0286. The molecule has 0 spiro atoms. The first-order valence-corrected chi connectivity index (χ1v) is 7.59. The SMILES string of the molecule is C=C(C)C(C)(COC(=O)c1ccccc1)OC(=O)c1ccccc1. The smallest absolute Gasteiger partial charge is 0.339 e. The Hall–Kier alpha value is -2.88. The van der Waals surface area contributed by atoms with Crippen molar-refractivity contribution in [1.29, 1.82) is 0 Å². The molecule has 0 aliphatic heterocycles. The summed E-state index contributed by atoms with van der Waals surface area (Å²) in [4.78, 5) is 24.4. The largest absolute Gasteiger partial charge is 0.457 e. The van der Waals surface area contributed by atoms with E-state index in [4.69, 9.17) is 9.47 Å². The molecule has 0 amide bonds. The van der Waals surface area contributed by atoms with Gasteiger partial charge in [0, 0.05) is 0 Å². The van der Waals surface area contributed by atoms with Gasteiger partial charge in [-0.15, -0.1) is 0 Å². The standard InChI is InChI=1S/C20H20O4/c1-15(2)20(3,24-19(22)17-12-8-5-9-13-17)14-23-18(21)16-10-6-4-7-11-16/h4-13H,1,14H2,2-3H3. The molecule has 0 fully saturated rings. The van der Waals surface area contributed by atoms with Crippen LogP contribution in [0.15, 0.2) is 72.8 Å². The van der Waals surface area contributed by atoms with Crippen LogP contribution in [0.4, 0.5) is 0 Å². The van der Waals surface area contributed by atoms with Gasteiger partial charge < -0.3 is 9.47 Å². The van der Waals surface area contributed by atoms with E-state index in [1.807, 2.05) is 12.1 Å². The van der Waals surface area contributed by atoms with Gasteiger partial charge in [-0.05, 0) is 43.7 Å². The van der Waals surface area contributed by atoms with E-state index in [1.165, 1.54) is 0 Å². The van der Waals surface area contributed by atoms with E-state index in [2.05, 4.69) is 6.58 Å². The van der Waals surface area contributed by atoms with E-state index in [0.29, 0.717) is 16.7 Å². The van der Waals surface area contributed by atoms with Gasteiger partial charge in [0.1, 0.15) is 6.61 Å². The molecule has 0 saturated carbocycles. The van der Waals surface area contributed by atoms with Crippen LogP contribution in [-0.4, -0.2) is 24.1 Å². The molecule has 4 heteroatoms. The van der Waals surface area contributed by atoms with Gasteiger partial charge in [0.2, 0.25) is 0 Å². The number of esters is 2. The Morgan fingerprint density at radius 1 is 0.917 bits per heavy atom. The third-order valence-corrected chi connectivity index (χ3v) is 3.72. The molecule has 1 atom stereocenters. The molecule has 0 aliphatic rings. The maximum atomic E-state index is 12.3. The molecule has 4 nitrogen and oxygen atoms in total. The summed E-state index contributed by atoms with van der Waals surface area (Å²) in [6.07, 6.45) is 0. The normalized spacial score (nSPS) is 12.8. The first-order valence-electron chi connectivity index (χ1n) is 7.59. The molecule has 0 heterocycles. The summed E-state index contributed by atoms with van der Waals surface area (Å²) in [6.45, 7) is 7.16. The van der Waals surface area contributed by atoms with Crippen molar-refractivity contribution < 1.29 is 19.1 Å². The third kappa shape index (κ3) is 4.32. The predicted molar refractivity (Wildman–Crippen MR) is 91.8 cm³/mol. The van der Waals surface area contributed by atoms with Gasteiger partial charge in [0.05, 0.1) is 11.1 Å². The fourth-order valence-corrected chi connectivity index (χ4v) is 1.94. The fourth-order valence-electron chi connectivity index (χ4n) is 1.94. The van der Waals surface area contributed by atoms with Gasteiger partial charge in [-0.2, -0.15) is 0 Å². The minimum atomic E-state index is -1.10. The fraction of sp³-hybridized carbons (Fsp3) is 0.200. The van der Waals surface area contributed by atoms with Crippen molar-refractivity contribution in [1.82, 2.24) is 0 Å². The highest BCUT2D eigenvalue weighted by Crippen LogP contribution is 2.23. The van der Waals surface area contributed by atoms with Gasteiger partial charge >= 0.3 is 11.9 Å². The Morgan fingerprint density at radius 2 is 1.38 bits per heavy atom. The Morgan fingerprint density at radius 3 is 1.83 bits per heavy atom. The lowest BCUT2D eigenvalue weighted by atomic mass is 9.99. The zero-order chi connectivity index (χ0) is 17.6. The predicted octanol–water partition coefficient (Wildman–Crippen LogP) is 4.04. The van der Waals surface area contributed by atoms with Crippen molar-refractivity contribution in [3.05, 3.63) is 83.9 Å². The molecule has 2 aromatic carbocycles. The van der Waals surface area contributed by atoms with Crippen molar-refractivity contribution in [2.75, 3.05) is 6.61 Å². The number of hydrogen-bond donors (Lipinski definition) is 0. The van der Waals surface area contributed by atoms with Crippen LogP contribution in [-0.2, 0) is 9.47 Å². The summed E-state index contributed by atoms with van der Waals surface area (Å²) >= 11 is 0. The lowest BCUT2D eigenvalue weighted by Crippen LogP contribution is -2.38. The molecular formula is C20H20O4. The number of carbonyl (C=O) groups is 2. The number of benzene rings is 2. The number of ether oxygens (including phenoxy) is 2. The van der Waals surface area contributed by atoms with Crippen LogP contribution in [0.1, 0.15) is 34.6 Å². The molecule has 0 aliphatic carbocycles. The zero-order valence-electron chi connectivity index (χ0n) is 13.8. The molecule has 0 N–H and O–H groups in total. The van der Waals surface area contributed by atoms with Gasteiger partial charge in [-0.3, -0.25) is 0 Å². The number of hydrogen-bond acceptors (Lipinski definition) is 4. The molecule has 24 heavy (non-hydrogen) atoms. The number of carbonyl (C=O) groups excluding carboxylic acids is 2. The van der Waals surface area contributed by atoms with Crippen LogP contribution in [0.3, 0.4) is 0 Å². The van der Waals surface area contributed by atoms with Gasteiger partial charge in [0.15, 0.2) is 5.60 Å². The van der Waals surface area contributed by atoms with Crippen molar-refractivity contribution in [3.63, 3.8) is 0 Å². The van der Waals surface area contributed by atoms with Gasteiger partial charge in [-0.25, -0.2) is 9.59 Å². The van der Waals surface area contributed by atoms with E-state index in [0.717, 1.165) is 0 Å². The van der Waals surface area contributed by atoms with E-state index in [9.17, 15) is 9.59 Å². The van der Waals surface area contributed by atoms with Crippen LogP contribution < -0.4 is 0 Å². The molecule has 2 rings (SSSR count). The Bertz CT molecular complexity index is 722. The molecule has 2 aromatic rings. The number of rotatable bonds is 6. The quantitative estimate of drug-likeness (QED) is 0.594. The molecule has 0 radical (unpaired) electrons. The second kappa shape index (κ2) is 7.59. The zero-order valence-corrected chi connectivity index (χ0v) is 13.8. The topological polar surface area (TPSA) is 52.6 Å². The second-order valence-electron chi connectivity index (χ2n) is 5.71. The molecule has 0 saturated heterocycles. The highest BCUT2D eigenvalue weighted by molar-refractivity contribution is 5.90. The summed E-state index contributed by atoms with van der Waals surface area (Å²) < 4.78 is 10.9. The Kier molecular flexibility index (Phi) is 5.53. The minimum absolute atomic E-state index is 0.103. The van der Waals surface area contributed by atoms with Crippen molar-refractivity contribution >= 4 is 11.9 Å². The van der Waals surface area contributed by atoms with E-state index in [1.54, 1.807) is 62.4 Å². The Labute approximate surface area is 141 Å². The average molecular weight is 324 g/mol. The third-order valence-electron chi connectivity index (χ3n) is 3.72. The van der Waals surface area contributed by atoms with Crippen molar-refractivity contribution in [2.45, 2.75) is 19.4 Å². The molecule has 124 valence electrons. The van der Waals surface area contributed by atoms with Crippen LogP contribution in [0.5, 0.6) is 0 Å². The summed E-state index contributed by atoms with van der Waals surface area (Å²) in [5.74, 6) is -0.962. The summed E-state index contributed by atoms with van der Waals surface area (Å²) in [7, 11) is 0. The maximum absolute atomic E-state index is 12.3. The van der Waals surface area contributed by atoms with E-state index in [-0.39, 0.29) is 6.61 Å². The lowest BCUT2D eigenvalue weighted by Gasteiger charge is -2.29. The molecule has 1 unspecified atom stereocenters. The van der Waals surface area contributed by atoms with Crippen LogP contribution in [0, 0.1) is 0 Å². The first-order chi connectivity index (χ1) is 11.4. The molecule has 0 bridgehead atoms. The minimum Gasteiger partial charge on any atom is -0.457 e. The maximum Gasteiger partial charge on any atom is 0.339 e.